The summed E-state index contributed by atoms with van der Waals surface area (Å²) in [5.74, 6) is 1.91. The molecule has 2 aromatic carbocycles. The first-order chi connectivity index (χ1) is 18.8. The zero-order valence-corrected chi connectivity index (χ0v) is 27.4. The quantitative estimate of drug-likeness (QED) is 0.219. The van der Waals surface area contributed by atoms with Gasteiger partial charge in [0, 0.05) is 22.7 Å². The van der Waals surface area contributed by atoms with E-state index in [9.17, 15) is 0 Å². The van der Waals surface area contributed by atoms with Gasteiger partial charge >= 0.3 is 0 Å². The number of hydrogen-bond donors (Lipinski definition) is 0. The third-order valence-electron chi connectivity index (χ3n) is 9.69. The van der Waals surface area contributed by atoms with Crippen molar-refractivity contribution in [3.05, 3.63) is 72.2 Å². The summed E-state index contributed by atoms with van der Waals surface area (Å²) in [6, 6.07) is 23.0. The van der Waals surface area contributed by atoms with Crippen molar-refractivity contribution >= 4 is 26.5 Å². The predicted octanol–water partition coefficient (Wildman–Crippen LogP) is 10.9. The van der Waals surface area contributed by atoms with Gasteiger partial charge in [-0.25, -0.2) is 0 Å². The maximum absolute atomic E-state index is 2.60. The van der Waals surface area contributed by atoms with Gasteiger partial charge in [0.25, 0.3) is 0 Å². The molecular weight excluding hydrogens is 550 g/mol. The maximum atomic E-state index is 2.60. The fraction of sp³-hybridized carbons (Fsp3) is 0.611. The van der Waals surface area contributed by atoms with Gasteiger partial charge in [-0.1, -0.05) is 153 Å². The molecule has 4 fully saturated rings. The molecule has 0 spiro atoms. The Bertz CT molecular complexity index is 837. The van der Waals surface area contributed by atoms with E-state index in [0.29, 0.717) is 5.66 Å². The topological polar surface area (TPSA) is 0 Å². The van der Waals surface area contributed by atoms with Crippen LogP contribution >= 0.6 is 15.8 Å². The molecule has 0 heterocycles. The molecule has 214 valence electrons. The summed E-state index contributed by atoms with van der Waals surface area (Å²) in [5, 5.41) is 3.12. The fourth-order valence-electron chi connectivity index (χ4n) is 7.77. The normalized spacial score (nSPS) is 22.4. The van der Waals surface area contributed by atoms with E-state index in [-0.39, 0.29) is 32.9 Å². The van der Waals surface area contributed by atoms with Crippen LogP contribution in [0.5, 0.6) is 0 Å². The summed E-state index contributed by atoms with van der Waals surface area (Å²) in [6.07, 6.45) is 26.8. The minimum absolute atomic E-state index is 0. The monoisotopic (exact) mass is 602 g/mol. The molecule has 0 saturated heterocycles. The average molecular weight is 603 g/mol. The molecule has 0 unspecified atom stereocenters. The molecule has 0 bridgehead atoms. The molecule has 4 saturated carbocycles. The van der Waals surface area contributed by atoms with Crippen molar-refractivity contribution < 1.29 is 17.1 Å². The van der Waals surface area contributed by atoms with Crippen LogP contribution in [0.25, 0.3) is 0 Å². The Morgan fingerprint density at radius 3 is 1.38 bits per heavy atom. The Morgan fingerprint density at radius 1 is 0.538 bits per heavy atom. The Hall–Kier alpha value is -0.181. The van der Waals surface area contributed by atoms with Gasteiger partial charge in [-0.15, -0.1) is 0 Å². The zero-order chi connectivity index (χ0) is 26.0. The first kappa shape index (κ1) is 31.7. The van der Waals surface area contributed by atoms with E-state index in [4.69, 9.17) is 0 Å². The van der Waals surface area contributed by atoms with Crippen LogP contribution in [0.3, 0.4) is 0 Å². The van der Waals surface area contributed by atoms with Crippen LogP contribution in [0.15, 0.2) is 60.7 Å². The van der Waals surface area contributed by atoms with E-state index in [2.05, 4.69) is 67.6 Å². The van der Waals surface area contributed by atoms with Gasteiger partial charge < -0.3 is 0 Å². The second kappa shape index (κ2) is 17.1. The van der Waals surface area contributed by atoms with Crippen LogP contribution in [0, 0.1) is 11.6 Å². The van der Waals surface area contributed by atoms with Gasteiger partial charge in [-0.2, -0.15) is 0 Å². The smallest absolute Gasteiger partial charge is 0.00804 e. The van der Waals surface area contributed by atoms with E-state index >= 15 is 0 Å². The minimum atomic E-state index is -0.357. The molecule has 4 aliphatic rings. The zero-order valence-electron chi connectivity index (χ0n) is 24.5. The van der Waals surface area contributed by atoms with Gasteiger partial charge in [-0.3, -0.25) is 0 Å². The Morgan fingerprint density at radius 2 is 0.949 bits per heavy atom. The molecular formula is C36H52FeP2. The molecule has 0 amide bonds. The SMILES string of the molecule is C1CCCC1.C[C@@H]([C]1CCC[C]1P(C1CCCCC1)C1CCCCC1)P(c1ccccc1)c1ccccc1.[Fe]. The molecule has 2 radical (unpaired) electrons. The predicted molar refractivity (Wildman–Crippen MR) is 173 cm³/mol. The number of benzene rings is 2. The van der Waals surface area contributed by atoms with Gasteiger partial charge in [-0.05, 0) is 80.0 Å². The van der Waals surface area contributed by atoms with E-state index < -0.39 is 0 Å². The molecule has 0 aliphatic heterocycles. The van der Waals surface area contributed by atoms with Crippen LogP contribution in [0.4, 0.5) is 0 Å². The van der Waals surface area contributed by atoms with Gasteiger partial charge in [0.15, 0.2) is 0 Å². The summed E-state index contributed by atoms with van der Waals surface area (Å²) in [5.41, 5.74) is 4.76. The molecule has 0 aromatic heterocycles. The third-order valence-corrected chi connectivity index (χ3v) is 16.2. The van der Waals surface area contributed by atoms with Gasteiger partial charge in [0.2, 0.25) is 0 Å². The van der Waals surface area contributed by atoms with Crippen molar-refractivity contribution in [3.8, 4) is 0 Å². The standard InChI is InChI=1S/C31H42P2.C5H10.Fe/c1-25(32(26-15-6-2-7-16-26)27-17-8-3-9-18-27)30-23-14-24-31(30)33(28-19-10-4-11-20-28)29-21-12-5-13-22-29;1-2-4-5-3-1;/h2-3,6-9,15-18,25,28-29H,4-5,10-14,19-24H2,1H3;1-5H2;/t25-;;/m0../s1. The van der Waals surface area contributed by atoms with E-state index in [1.807, 2.05) is 11.6 Å². The Kier molecular flexibility index (Phi) is 13.9. The number of rotatable bonds is 7. The Labute approximate surface area is 254 Å². The van der Waals surface area contributed by atoms with E-state index in [0.717, 1.165) is 11.3 Å². The molecule has 4 aliphatic carbocycles. The van der Waals surface area contributed by atoms with Crippen molar-refractivity contribution in [2.75, 3.05) is 0 Å². The number of hydrogen-bond acceptors (Lipinski definition) is 0. The summed E-state index contributed by atoms with van der Waals surface area (Å²) < 4.78 is 0. The van der Waals surface area contributed by atoms with E-state index in [1.54, 1.807) is 10.6 Å². The minimum Gasteiger partial charge on any atom is -0.0924 e. The second-order valence-corrected chi connectivity index (χ2v) is 17.7. The molecule has 1 atom stereocenters. The van der Waals surface area contributed by atoms with Crippen molar-refractivity contribution in [2.45, 2.75) is 139 Å². The average Bonchev–Trinajstić information content (AvgIpc) is 3.72. The largest absolute Gasteiger partial charge is 0.0924 e. The summed E-state index contributed by atoms with van der Waals surface area (Å²) in [4.78, 5) is 0. The Balaban J connectivity index is 0.000000530. The van der Waals surface area contributed by atoms with Crippen LogP contribution in [0.2, 0.25) is 0 Å². The molecule has 0 nitrogen and oxygen atoms in total. The molecule has 3 heteroatoms. The van der Waals surface area contributed by atoms with Crippen molar-refractivity contribution in [1.82, 2.24) is 0 Å². The van der Waals surface area contributed by atoms with Crippen LogP contribution in [-0.4, -0.2) is 17.0 Å². The molecule has 2 aromatic rings. The van der Waals surface area contributed by atoms with Gasteiger partial charge in [0.05, 0.1) is 0 Å². The van der Waals surface area contributed by atoms with Crippen molar-refractivity contribution in [2.24, 2.45) is 0 Å². The summed E-state index contributed by atoms with van der Waals surface area (Å²) in [7, 11) is -0.299. The van der Waals surface area contributed by atoms with Crippen LogP contribution in [0.1, 0.15) is 122 Å². The molecule has 39 heavy (non-hydrogen) atoms. The fourth-order valence-corrected chi connectivity index (χ4v) is 15.0. The van der Waals surface area contributed by atoms with Crippen LogP contribution in [-0.2, 0) is 17.1 Å². The first-order valence-electron chi connectivity index (χ1n) is 16.2. The first-order valence-corrected chi connectivity index (χ1v) is 19.1. The van der Waals surface area contributed by atoms with Gasteiger partial charge in [0.1, 0.15) is 0 Å². The maximum Gasteiger partial charge on any atom is 0.00804 e. The second-order valence-electron chi connectivity index (χ2n) is 12.3. The van der Waals surface area contributed by atoms with E-state index in [1.165, 1.54) is 116 Å². The third kappa shape index (κ3) is 8.67. The summed E-state index contributed by atoms with van der Waals surface area (Å²) in [6.45, 7) is 2.60. The summed E-state index contributed by atoms with van der Waals surface area (Å²) >= 11 is 0. The van der Waals surface area contributed by atoms with Crippen molar-refractivity contribution in [1.29, 1.82) is 0 Å². The van der Waals surface area contributed by atoms with Crippen molar-refractivity contribution in [3.63, 3.8) is 0 Å². The molecule has 6 rings (SSSR count). The molecule has 0 N–H and O–H groups in total. The van der Waals surface area contributed by atoms with Crippen LogP contribution < -0.4 is 10.6 Å².